The van der Waals surface area contributed by atoms with Crippen molar-refractivity contribution in [2.45, 2.75) is 19.4 Å². The van der Waals surface area contributed by atoms with Crippen molar-refractivity contribution in [2.75, 3.05) is 38.3 Å². The summed E-state index contributed by atoms with van der Waals surface area (Å²) < 4.78 is 10.7. The van der Waals surface area contributed by atoms with Crippen molar-refractivity contribution < 1.29 is 9.47 Å². The predicted octanol–water partition coefficient (Wildman–Crippen LogP) is 3.58. The van der Waals surface area contributed by atoms with Crippen LogP contribution in [0.15, 0.2) is 53.5 Å². The van der Waals surface area contributed by atoms with E-state index in [9.17, 15) is 0 Å². The summed E-state index contributed by atoms with van der Waals surface area (Å²) in [7, 11) is 1.70. The van der Waals surface area contributed by atoms with Crippen LogP contribution in [0.2, 0.25) is 0 Å². The summed E-state index contributed by atoms with van der Waals surface area (Å²) in [6.07, 6.45) is 2.87. The van der Waals surface area contributed by atoms with Gasteiger partial charge in [-0.15, -0.1) is 0 Å². The third-order valence-corrected chi connectivity index (χ3v) is 4.41. The van der Waals surface area contributed by atoms with E-state index in [0.717, 1.165) is 44.0 Å². The molecule has 0 spiro atoms. The lowest BCUT2D eigenvalue weighted by atomic mass is 10.1. The van der Waals surface area contributed by atoms with Crippen LogP contribution in [-0.4, -0.2) is 45.7 Å². The molecule has 0 saturated carbocycles. The van der Waals surface area contributed by atoms with E-state index in [2.05, 4.69) is 53.2 Å². The molecule has 1 aliphatic rings. The molecule has 1 atom stereocenters. The predicted molar refractivity (Wildman–Crippen MR) is 103 cm³/mol. The second kappa shape index (κ2) is 8.67. The number of ether oxygens (including phenoxy) is 2. The zero-order chi connectivity index (χ0) is 17.5. The molecule has 1 saturated heterocycles. The highest BCUT2D eigenvalue weighted by Gasteiger charge is 2.10. The van der Waals surface area contributed by atoms with Crippen LogP contribution in [0.5, 0.6) is 5.75 Å². The van der Waals surface area contributed by atoms with Gasteiger partial charge in [0.1, 0.15) is 5.75 Å². The third-order valence-electron chi connectivity index (χ3n) is 4.41. The van der Waals surface area contributed by atoms with E-state index < -0.39 is 0 Å². The molecular weight excluding hydrogens is 312 g/mol. The summed E-state index contributed by atoms with van der Waals surface area (Å²) in [6, 6.07) is 17.0. The molecule has 0 aliphatic carbocycles. The normalized spacial score (nSPS) is 16.2. The molecule has 132 valence electrons. The van der Waals surface area contributed by atoms with Crippen LogP contribution in [0.1, 0.15) is 18.1 Å². The largest absolute Gasteiger partial charge is 0.497 e. The van der Waals surface area contributed by atoms with Crippen LogP contribution in [0.4, 0.5) is 5.69 Å². The highest BCUT2D eigenvalue weighted by Crippen LogP contribution is 2.17. The smallest absolute Gasteiger partial charge is 0.119 e. The van der Waals surface area contributed by atoms with Gasteiger partial charge in [0.15, 0.2) is 0 Å². The monoisotopic (exact) mass is 338 g/mol. The number of morpholine rings is 1. The fraction of sp³-hybridized carbons (Fsp3) is 0.381. The maximum absolute atomic E-state index is 5.40. The molecular formula is C21H26N2O2. The molecule has 2 aromatic carbocycles. The van der Waals surface area contributed by atoms with Gasteiger partial charge in [-0.05, 0) is 48.7 Å². The van der Waals surface area contributed by atoms with Crippen LogP contribution in [0, 0.1) is 0 Å². The first-order valence-corrected chi connectivity index (χ1v) is 8.83. The minimum Gasteiger partial charge on any atom is -0.497 e. The van der Waals surface area contributed by atoms with E-state index in [1.807, 2.05) is 18.3 Å². The Morgan fingerprint density at radius 2 is 1.92 bits per heavy atom. The van der Waals surface area contributed by atoms with Gasteiger partial charge in [-0.25, -0.2) is 0 Å². The Morgan fingerprint density at radius 1 is 1.16 bits per heavy atom. The number of methoxy groups -OCH3 is 1. The first-order valence-electron chi connectivity index (χ1n) is 8.83. The van der Waals surface area contributed by atoms with Crippen LogP contribution in [0.3, 0.4) is 0 Å². The molecule has 1 fully saturated rings. The summed E-state index contributed by atoms with van der Waals surface area (Å²) in [4.78, 5) is 7.04. The molecule has 1 heterocycles. The van der Waals surface area contributed by atoms with Gasteiger partial charge >= 0.3 is 0 Å². The number of nitrogens with zero attached hydrogens (tertiary/aromatic N) is 2. The molecule has 2 aromatic rings. The van der Waals surface area contributed by atoms with Gasteiger partial charge < -0.3 is 14.4 Å². The Labute approximate surface area is 150 Å². The van der Waals surface area contributed by atoms with Gasteiger partial charge in [-0.2, -0.15) is 0 Å². The Hall–Kier alpha value is -2.33. The van der Waals surface area contributed by atoms with E-state index in [1.54, 1.807) is 7.11 Å². The zero-order valence-electron chi connectivity index (χ0n) is 15.0. The number of hydrogen-bond acceptors (Lipinski definition) is 4. The van der Waals surface area contributed by atoms with Crippen molar-refractivity contribution in [1.82, 2.24) is 0 Å². The molecule has 0 amide bonds. The second-order valence-corrected chi connectivity index (χ2v) is 6.37. The minimum absolute atomic E-state index is 0.228. The molecule has 4 nitrogen and oxygen atoms in total. The Balaban J connectivity index is 1.57. The van der Waals surface area contributed by atoms with Crippen molar-refractivity contribution in [2.24, 2.45) is 4.99 Å². The number of hydrogen-bond donors (Lipinski definition) is 0. The fourth-order valence-corrected chi connectivity index (χ4v) is 3.00. The standard InChI is InChI=1S/C21H26N2O2/c1-17(14-19-4-3-5-21(15-19)24-2)22-16-18-6-8-20(9-7-18)23-10-12-25-13-11-23/h3-9,15-17H,10-14H2,1-2H3/t17-/m0/s1. The average molecular weight is 338 g/mol. The molecule has 0 radical (unpaired) electrons. The molecule has 0 N–H and O–H groups in total. The summed E-state index contributed by atoms with van der Waals surface area (Å²) in [5.74, 6) is 0.896. The lowest BCUT2D eigenvalue weighted by Crippen LogP contribution is -2.36. The average Bonchev–Trinajstić information content (AvgIpc) is 2.67. The number of rotatable bonds is 6. The van der Waals surface area contributed by atoms with Gasteiger partial charge in [-0.3, -0.25) is 4.99 Å². The molecule has 3 rings (SSSR count). The molecule has 1 aliphatic heterocycles. The van der Waals surface area contributed by atoms with Gasteiger partial charge in [0.25, 0.3) is 0 Å². The molecule has 0 aromatic heterocycles. The van der Waals surface area contributed by atoms with Crippen LogP contribution >= 0.6 is 0 Å². The van der Waals surface area contributed by atoms with Gasteiger partial charge in [0, 0.05) is 25.0 Å². The van der Waals surface area contributed by atoms with E-state index in [4.69, 9.17) is 9.47 Å². The van der Waals surface area contributed by atoms with Crippen LogP contribution in [-0.2, 0) is 11.2 Å². The molecule has 4 heteroatoms. The number of benzene rings is 2. The second-order valence-electron chi connectivity index (χ2n) is 6.37. The Kier molecular flexibility index (Phi) is 6.07. The lowest BCUT2D eigenvalue weighted by Gasteiger charge is -2.28. The summed E-state index contributed by atoms with van der Waals surface area (Å²) >= 11 is 0. The fourth-order valence-electron chi connectivity index (χ4n) is 3.00. The SMILES string of the molecule is COc1cccc(C[C@H](C)N=Cc2ccc(N3CCOCC3)cc2)c1. The topological polar surface area (TPSA) is 34.1 Å². The maximum atomic E-state index is 5.40. The Bertz CT molecular complexity index is 691. The van der Waals surface area contributed by atoms with E-state index in [1.165, 1.54) is 11.3 Å². The minimum atomic E-state index is 0.228. The highest BCUT2D eigenvalue weighted by atomic mass is 16.5. The zero-order valence-corrected chi connectivity index (χ0v) is 15.0. The lowest BCUT2D eigenvalue weighted by molar-refractivity contribution is 0.122. The van der Waals surface area contributed by atoms with Crippen molar-refractivity contribution in [3.63, 3.8) is 0 Å². The molecule has 0 bridgehead atoms. The summed E-state index contributed by atoms with van der Waals surface area (Å²) in [5, 5.41) is 0. The van der Waals surface area contributed by atoms with Crippen molar-refractivity contribution in [3.8, 4) is 5.75 Å². The number of anilines is 1. The first kappa shape index (κ1) is 17.5. The third kappa shape index (κ3) is 5.07. The van der Waals surface area contributed by atoms with E-state index in [-0.39, 0.29) is 6.04 Å². The Morgan fingerprint density at radius 3 is 2.64 bits per heavy atom. The summed E-state index contributed by atoms with van der Waals surface area (Å²) in [6.45, 7) is 5.68. The number of aliphatic imine (C=N–C) groups is 1. The van der Waals surface area contributed by atoms with Gasteiger partial charge in [0.05, 0.1) is 26.4 Å². The quantitative estimate of drug-likeness (QED) is 0.755. The summed E-state index contributed by atoms with van der Waals surface area (Å²) in [5.41, 5.74) is 3.63. The van der Waals surface area contributed by atoms with Crippen molar-refractivity contribution >= 4 is 11.9 Å². The van der Waals surface area contributed by atoms with E-state index >= 15 is 0 Å². The van der Waals surface area contributed by atoms with E-state index in [0.29, 0.717) is 0 Å². The maximum Gasteiger partial charge on any atom is 0.119 e. The van der Waals surface area contributed by atoms with Crippen LogP contribution < -0.4 is 9.64 Å². The highest BCUT2D eigenvalue weighted by molar-refractivity contribution is 5.80. The van der Waals surface area contributed by atoms with Crippen molar-refractivity contribution in [1.29, 1.82) is 0 Å². The van der Waals surface area contributed by atoms with Crippen LogP contribution in [0.25, 0.3) is 0 Å². The molecule has 25 heavy (non-hydrogen) atoms. The van der Waals surface area contributed by atoms with Crippen molar-refractivity contribution in [3.05, 3.63) is 59.7 Å². The van der Waals surface area contributed by atoms with Gasteiger partial charge in [0.2, 0.25) is 0 Å². The first-order chi connectivity index (χ1) is 12.2. The van der Waals surface area contributed by atoms with Gasteiger partial charge in [-0.1, -0.05) is 24.3 Å². The molecule has 0 unspecified atom stereocenters.